The lowest BCUT2D eigenvalue weighted by molar-refractivity contribution is 1.10. The van der Waals surface area contributed by atoms with Crippen molar-refractivity contribution in [2.75, 3.05) is 5.32 Å². The summed E-state index contributed by atoms with van der Waals surface area (Å²) in [6.45, 7) is 0.623. The summed E-state index contributed by atoms with van der Waals surface area (Å²) >= 11 is 15.3. The first-order chi connectivity index (χ1) is 9.61. The average molecular weight is 371 g/mol. The van der Waals surface area contributed by atoms with Gasteiger partial charge in [0.25, 0.3) is 0 Å². The Kier molecular flexibility index (Phi) is 3.87. The molecule has 2 aromatic carbocycles. The van der Waals surface area contributed by atoms with Gasteiger partial charge in [-0.2, -0.15) is 0 Å². The first kappa shape index (κ1) is 13.7. The van der Waals surface area contributed by atoms with Gasteiger partial charge >= 0.3 is 0 Å². The molecule has 0 spiro atoms. The van der Waals surface area contributed by atoms with Crippen molar-refractivity contribution in [3.63, 3.8) is 0 Å². The maximum atomic E-state index is 5.99. The summed E-state index contributed by atoms with van der Waals surface area (Å²) < 4.78 is 1.02. The highest BCUT2D eigenvalue weighted by Gasteiger charge is 2.04. The summed E-state index contributed by atoms with van der Waals surface area (Å²) in [5, 5.41) is 4.35. The van der Waals surface area contributed by atoms with E-state index in [1.807, 2.05) is 30.3 Å². The molecule has 3 rings (SSSR count). The molecule has 3 aromatic rings. The first-order valence-corrected chi connectivity index (χ1v) is 7.50. The van der Waals surface area contributed by atoms with Crippen molar-refractivity contribution in [3.8, 4) is 0 Å². The van der Waals surface area contributed by atoms with Crippen molar-refractivity contribution in [1.29, 1.82) is 0 Å². The van der Waals surface area contributed by atoms with Crippen molar-refractivity contribution in [1.82, 2.24) is 9.97 Å². The summed E-state index contributed by atoms with van der Waals surface area (Å²) in [5.74, 6) is 0.726. The van der Waals surface area contributed by atoms with Gasteiger partial charge in [0.2, 0.25) is 5.95 Å². The van der Waals surface area contributed by atoms with Crippen LogP contribution in [0.15, 0.2) is 40.9 Å². The lowest BCUT2D eigenvalue weighted by Crippen LogP contribution is -2.00. The Bertz CT molecular complexity index is 770. The SMILES string of the molecule is Clc1ccc(CNc2nc3ccc(Br)cc3[nH]2)cc1Cl. The number of anilines is 1. The highest BCUT2D eigenvalue weighted by molar-refractivity contribution is 9.10. The zero-order chi connectivity index (χ0) is 14.1. The molecule has 20 heavy (non-hydrogen) atoms. The second kappa shape index (κ2) is 5.64. The molecule has 0 atom stereocenters. The van der Waals surface area contributed by atoms with Crippen LogP contribution in [-0.2, 0) is 6.54 Å². The number of H-pyrrole nitrogens is 1. The third-order valence-corrected chi connectivity index (χ3v) is 4.12. The number of nitrogens with one attached hydrogen (secondary N) is 2. The predicted octanol–water partition coefficient (Wildman–Crippen LogP) is 5.24. The molecule has 102 valence electrons. The Hall–Kier alpha value is -1.23. The van der Waals surface area contributed by atoms with Gasteiger partial charge in [-0.25, -0.2) is 4.98 Å². The van der Waals surface area contributed by atoms with E-state index >= 15 is 0 Å². The number of fused-ring (bicyclic) bond motifs is 1. The molecular formula is C14H10BrCl2N3. The van der Waals surface area contributed by atoms with Crippen molar-refractivity contribution >= 4 is 56.1 Å². The van der Waals surface area contributed by atoms with E-state index in [2.05, 4.69) is 31.2 Å². The molecule has 6 heteroatoms. The maximum absolute atomic E-state index is 5.99. The third-order valence-electron chi connectivity index (χ3n) is 2.89. The second-order valence-electron chi connectivity index (χ2n) is 4.35. The lowest BCUT2D eigenvalue weighted by atomic mass is 10.2. The summed E-state index contributed by atoms with van der Waals surface area (Å²) in [4.78, 5) is 7.68. The second-order valence-corrected chi connectivity index (χ2v) is 6.08. The largest absolute Gasteiger partial charge is 0.352 e. The monoisotopic (exact) mass is 369 g/mol. The molecule has 1 heterocycles. The van der Waals surface area contributed by atoms with Crippen LogP contribution in [0, 0.1) is 0 Å². The summed E-state index contributed by atoms with van der Waals surface area (Å²) in [6, 6.07) is 11.5. The number of halogens is 3. The van der Waals surface area contributed by atoms with Crippen molar-refractivity contribution in [2.24, 2.45) is 0 Å². The Labute approximate surface area is 134 Å². The number of rotatable bonds is 3. The molecule has 0 saturated carbocycles. The quantitative estimate of drug-likeness (QED) is 0.661. The molecule has 0 fully saturated rings. The zero-order valence-corrected chi connectivity index (χ0v) is 13.4. The fraction of sp³-hybridized carbons (Fsp3) is 0.0714. The summed E-state index contributed by atoms with van der Waals surface area (Å²) in [5.41, 5.74) is 2.95. The minimum Gasteiger partial charge on any atom is -0.352 e. The van der Waals surface area contributed by atoms with Crippen LogP contribution in [0.4, 0.5) is 5.95 Å². The standard InChI is InChI=1S/C14H10BrCl2N3/c15-9-2-4-12-13(6-9)20-14(19-12)18-7-8-1-3-10(16)11(17)5-8/h1-6H,7H2,(H2,18,19,20). The normalized spacial score (nSPS) is 10.9. The van der Waals surface area contributed by atoms with Gasteiger partial charge in [-0.3, -0.25) is 0 Å². The van der Waals surface area contributed by atoms with E-state index in [9.17, 15) is 0 Å². The van der Waals surface area contributed by atoms with Gasteiger partial charge in [-0.15, -0.1) is 0 Å². The molecule has 0 bridgehead atoms. The van der Waals surface area contributed by atoms with Crippen LogP contribution in [-0.4, -0.2) is 9.97 Å². The van der Waals surface area contributed by atoms with Gasteiger partial charge in [-0.1, -0.05) is 45.2 Å². The molecular weight excluding hydrogens is 361 g/mol. The maximum Gasteiger partial charge on any atom is 0.201 e. The van der Waals surface area contributed by atoms with E-state index in [0.29, 0.717) is 16.6 Å². The Morgan fingerprint density at radius 3 is 2.75 bits per heavy atom. The molecule has 2 N–H and O–H groups in total. The van der Waals surface area contributed by atoms with Crippen molar-refractivity contribution < 1.29 is 0 Å². The highest BCUT2D eigenvalue weighted by Crippen LogP contribution is 2.23. The molecule has 0 aliphatic carbocycles. The minimum atomic E-state index is 0.555. The molecule has 1 aromatic heterocycles. The third kappa shape index (κ3) is 2.92. The van der Waals surface area contributed by atoms with Gasteiger partial charge in [0.05, 0.1) is 21.1 Å². The van der Waals surface area contributed by atoms with Crippen LogP contribution in [0.25, 0.3) is 11.0 Å². The van der Waals surface area contributed by atoms with E-state index < -0.39 is 0 Å². The molecule has 0 radical (unpaired) electrons. The smallest absolute Gasteiger partial charge is 0.201 e. The van der Waals surface area contributed by atoms with E-state index in [-0.39, 0.29) is 0 Å². The van der Waals surface area contributed by atoms with E-state index in [1.165, 1.54) is 0 Å². The molecule has 0 aliphatic heterocycles. The van der Waals surface area contributed by atoms with Crippen LogP contribution >= 0.6 is 39.1 Å². The number of nitrogens with zero attached hydrogens (tertiary/aromatic N) is 1. The number of aromatic amines is 1. The number of hydrogen-bond donors (Lipinski definition) is 2. The molecule has 0 amide bonds. The van der Waals surface area contributed by atoms with Crippen LogP contribution in [0.2, 0.25) is 10.0 Å². The van der Waals surface area contributed by atoms with Gasteiger partial charge in [0, 0.05) is 11.0 Å². The molecule has 0 unspecified atom stereocenters. The average Bonchev–Trinajstić information content (AvgIpc) is 2.82. The van der Waals surface area contributed by atoms with E-state index in [1.54, 1.807) is 6.07 Å². The van der Waals surface area contributed by atoms with Gasteiger partial charge in [-0.05, 0) is 35.9 Å². The summed E-state index contributed by atoms with van der Waals surface area (Å²) in [6.07, 6.45) is 0. The highest BCUT2D eigenvalue weighted by atomic mass is 79.9. The van der Waals surface area contributed by atoms with Gasteiger partial charge in [0.15, 0.2) is 0 Å². The van der Waals surface area contributed by atoms with E-state index in [0.717, 1.165) is 27.0 Å². The Morgan fingerprint density at radius 2 is 1.95 bits per heavy atom. The Morgan fingerprint density at radius 1 is 1.10 bits per heavy atom. The van der Waals surface area contributed by atoms with Crippen LogP contribution in [0.1, 0.15) is 5.56 Å². The fourth-order valence-corrected chi connectivity index (χ4v) is 2.58. The van der Waals surface area contributed by atoms with Crippen molar-refractivity contribution in [3.05, 3.63) is 56.5 Å². The fourth-order valence-electron chi connectivity index (χ4n) is 1.90. The predicted molar refractivity (Wildman–Crippen MR) is 87.6 cm³/mol. The van der Waals surface area contributed by atoms with E-state index in [4.69, 9.17) is 23.2 Å². The molecule has 0 aliphatic rings. The minimum absolute atomic E-state index is 0.555. The van der Waals surface area contributed by atoms with Crippen LogP contribution < -0.4 is 5.32 Å². The Balaban J connectivity index is 1.77. The van der Waals surface area contributed by atoms with Crippen molar-refractivity contribution in [2.45, 2.75) is 6.54 Å². The first-order valence-electron chi connectivity index (χ1n) is 5.95. The number of hydrogen-bond acceptors (Lipinski definition) is 2. The van der Waals surface area contributed by atoms with Crippen LogP contribution in [0.5, 0.6) is 0 Å². The number of imidazole rings is 1. The molecule has 0 saturated heterocycles. The number of benzene rings is 2. The van der Waals surface area contributed by atoms with Gasteiger partial charge in [0.1, 0.15) is 0 Å². The zero-order valence-electron chi connectivity index (χ0n) is 10.3. The van der Waals surface area contributed by atoms with Gasteiger partial charge < -0.3 is 10.3 Å². The number of aromatic nitrogens is 2. The lowest BCUT2D eigenvalue weighted by Gasteiger charge is -2.04. The molecule has 3 nitrogen and oxygen atoms in total. The van der Waals surface area contributed by atoms with Crippen LogP contribution in [0.3, 0.4) is 0 Å². The summed E-state index contributed by atoms with van der Waals surface area (Å²) in [7, 11) is 0. The topological polar surface area (TPSA) is 40.7 Å².